The Morgan fingerprint density at radius 1 is 1.29 bits per heavy atom. The van der Waals surface area contributed by atoms with Crippen LogP contribution in [0.15, 0.2) is 18.2 Å². The Hall–Kier alpha value is -1.57. The van der Waals surface area contributed by atoms with E-state index in [1.165, 1.54) is 7.11 Å². The smallest absolute Gasteiger partial charge is 0.409 e. The molecule has 1 aliphatic rings. The lowest BCUT2D eigenvalue weighted by molar-refractivity contribution is -0.135. The van der Waals surface area contributed by atoms with E-state index in [0.29, 0.717) is 49.3 Å². The average Bonchev–Trinajstić information content (AvgIpc) is 2.69. The molecule has 1 saturated heterocycles. The predicted octanol–water partition coefficient (Wildman–Crippen LogP) is 3.11. The number of likely N-dealkylation sites (N-methyl/N-ethyl adjacent to an activating group) is 1. The van der Waals surface area contributed by atoms with Crippen LogP contribution in [0.3, 0.4) is 0 Å². The maximum Gasteiger partial charge on any atom is 0.409 e. The molecule has 9 heteroatoms. The van der Waals surface area contributed by atoms with Crippen molar-refractivity contribution in [2.24, 2.45) is 0 Å². The van der Waals surface area contributed by atoms with E-state index in [2.05, 4.69) is 0 Å². The molecule has 1 aliphatic heterocycles. The molecular weight excluding hydrogens is 407 g/mol. The van der Waals surface area contributed by atoms with E-state index in [1.807, 2.05) is 11.8 Å². The molecule has 2 rings (SSSR count). The van der Waals surface area contributed by atoms with Crippen LogP contribution in [0.25, 0.3) is 0 Å². The number of halogens is 3. The predicted molar refractivity (Wildman–Crippen MR) is 108 cm³/mol. The second-order valence-corrected chi connectivity index (χ2v) is 7.48. The number of rotatable bonds is 7. The first kappa shape index (κ1) is 22.7. The van der Waals surface area contributed by atoms with Crippen LogP contribution in [0.2, 0.25) is 10.0 Å². The number of nitrogens with zero attached hydrogens (tertiary/aromatic N) is 3. The Kier molecular flexibility index (Phi) is 8.79. The first-order chi connectivity index (χ1) is 13.4. The van der Waals surface area contributed by atoms with Crippen molar-refractivity contribution in [3.05, 3.63) is 33.8 Å². The minimum absolute atomic E-state index is 0.0655. The average molecular weight is 433 g/mol. The van der Waals surface area contributed by atoms with Gasteiger partial charge in [-0.2, -0.15) is 0 Å². The van der Waals surface area contributed by atoms with Crippen LogP contribution in [0.1, 0.15) is 12.5 Å². The van der Waals surface area contributed by atoms with Gasteiger partial charge in [-0.15, -0.1) is 0 Å². The molecule has 1 atom stereocenters. The highest BCUT2D eigenvalue weighted by Gasteiger charge is 2.33. The normalized spacial score (nSPS) is 17.1. The van der Waals surface area contributed by atoms with Gasteiger partial charge in [0.25, 0.3) is 0 Å². The Bertz CT molecular complexity index is 692. The highest BCUT2D eigenvalue weighted by atomic mass is 35.5. The Labute approximate surface area is 175 Å². The minimum Gasteiger partial charge on any atom is -0.453 e. The number of ether oxygens (including phenoxy) is 1. The van der Waals surface area contributed by atoms with Crippen molar-refractivity contribution >= 4 is 35.2 Å². The second-order valence-electron chi connectivity index (χ2n) is 6.66. The number of benzene rings is 1. The molecule has 1 fully saturated rings. The molecular formula is C19H26Cl2FN3O3. The number of methoxy groups -OCH3 is 1. The van der Waals surface area contributed by atoms with Gasteiger partial charge in [0.1, 0.15) is 6.67 Å². The molecule has 156 valence electrons. The summed E-state index contributed by atoms with van der Waals surface area (Å²) in [6, 6.07) is 4.88. The molecule has 0 aliphatic carbocycles. The molecule has 0 N–H and O–H groups in total. The molecule has 1 aromatic carbocycles. The maximum absolute atomic E-state index is 13.0. The van der Waals surface area contributed by atoms with E-state index in [4.69, 9.17) is 27.9 Å². The zero-order valence-corrected chi connectivity index (χ0v) is 17.7. The highest BCUT2D eigenvalue weighted by molar-refractivity contribution is 6.42. The molecule has 0 saturated carbocycles. The van der Waals surface area contributed by atoms with Gasteiger partial charge in [0, 0.05) is 32.7 Å². The molecule has 0 aromatic heterocycles. The van der Waals surface area contributed by atoms with Gasteiger partial charge in [-0.05, 0) is 24.2 Å². The summed E-state index contributed by atoms with van der Waals surface area (Å²) < 4.78 is 17.6. The van der Waals surface area contributed by atoms with Crippen LogP contribution in [0.5, 0.6) is 0 Å². The standard InChI is InChI=1S/C19H26Cl2FN3O3/c1-3-23(7-6-22)12-15-13-24(19(27)28-2)8-9-25(15)18(26)11-14-4-5-16(20)17(21)10-14/h4-5,10,15H,3,6-9,11-13H2,1-2H3/t15-/m1/s1/i2-1. The molecule has 6 nitrogen and oxygen atoms in total. The molecule has 28 heavy (non-hydrogen) atoms. The Balaban J connectivity index is 2.14. The summed E-state index contributed by atoms with van der Waals surface area (Å²) in [6.07, 6.45) is -0.240. The molecule has 0 spiro atoms. The van der Waals surface area contributed by atoms with Gasteiger partial charge in [-0.3, -0.25) is 9.69 Å². The number of alkyl halides is 1. The first-order valence-electron chi connectivity index (χ1n) is 9.24. The third-order valence-corrected chi connectivity index (χ3v) is 5.63. The summed E-state index contributed by atoms with van der Waals surface area (Å²) in [5.41, 5.74) is 0.768. The van der Waals surface area contributed by atoms with Gasteiger partial charge in [-0.25, -0.2) is 9.18 Å². The first-order valence-corrected chi connectivity index (χ1v) is 9.99. The number of hydrogen-bond donors (Lipinski definition) is 0. The number of carbonyl (C=O) groups excluding carboxylic acids is 2. The van der Waals surface area contributed by atoms with Crippen molar-refractivity contribution in [3.63, 3.8) is 0 Å². The van der Waals surface area contributed by atoms with Crippen molar-refractivity contribution < 1.29 is 18.7 Å². The van der Waals surface area contributed by atoms with Crippen molar-refractivity contribution in [1.82, 2.24) is 14.7 Å². The molecule has 0 radical (unpaired) electrons. The van der Waals surface area contributed by atoms with Gasteiger partial charge in [0.2, 0.25) is 5.91 Å². The summed E-state index contributed by atoms with van der Waals surface area (Å²) in [5.74, 6) is -0.0655. The number of carbonyl (C=O) groups is 2. The Morgan fingerprint density at radius 2 is 2.04 bits per heavy atom. The molecule has 0 bridgehead atoms. The van der Waals surface area contributed by atoms with Gasteiger partial charge >= 0.3 is 6.09 Å². The molecule has 1 heterocycles. The van der Waals surface area contributed by atoms with Gasteiger partial charge in [-0.1, -0.05) is 36.2 Å². The zero-order valence-electron chi connectivity index (χ0n) is 16.2. The number of piperazine rings is 1. The van der Waals surface area contributed by atoms with E-state index in [9.17, 15) is 14.0 Å². The van der Waals surface area contributed by atoms with Crippen LogP contribution in [0, 0.1) is 0 Å². The van der Waals surface area contributed by atoms with Crippen molar-refractivity contribution in [2.75, 3.05) is 53.1 Å². The van der Waals surface area contributed by atoms with Crippen molar-refractivity contribution in [2.45, 2.75) is 19.4 Å². The fourth-order valence-corrected chi connectivity index (χ4v) is 3.68. The van der Waals surface area contributed by atoms with E-state index in [1.54, 1.807) is 28.0 Å². The second kappa shape index (κ2) is 10.8. The Morgan fingerprint density at radius 3 is 2.64 bits per heavy atom. The number of hydrogen-bond acceptors (Lipinski definition) is 4. The third kappa shape index (κ3) is 5.96. The fourth-order valence-electron chi connectivity index (χ4n) is 3.36. The fraction of sp³-hybridized carbons (Fsp3) is 0.579. The minimum atomic E-state index is -0.460. The highest BCUT2D eigenvalue weighted by Crippen LogP contribution is 2.23. The topological polar surface area (TPSA) is 53.1 Å². The largest absolute Gasteiger partial charge is 0.453 e. The van der Waals surface area contributed by atoms with Gasteiger partial charge < -0.3 is 14.5 Å². The summed E-state index contributed by atoms with van der Waals surface area (Å²) in [7, 11) is 1.33. The zero-order chi connectivity index (χ0) is 20.7. The molecule has 2 amide bonds. The summed E-state index contributed by atoms with van der Waals surface area (Å²) in [5, 5.41) is 0.839. The van der Waals surface area contributed by atoms with Crippen LogP contribution < -0.4 is 0 Å². The lowest BCUT2D eigenvalue weighted by Gasteiger charge is -2.42. The summed E-state index contributed by atoms with van der Waals surface area (Å²) >= 11 is 12.0. The van der Waals surface area contributed by atoms with Crippen LogP contribution in [-0.2, 0) is 16.0 Å². The van der Waals surface area contributed by atoms with Crippen LogP contribution >= 0.6 is 23.2 Å². The van der Waals surface area contributed by atoms with Crippen molar-refractivity contribution in [1.29, 1.82) is 0 Å². The van der Waals surface area contributed by atoms with E-state index >= 15 is 0 Å². The van der Waals surface area contributed by atoms with Crippen molar-refractivity contribution in [3.8, 4) is 0 Å². The molecule has 1 aromatic rings. The van der Waals surface area contributed by atoms with E-state index < -0.39 is 12.8 Å². The summed E-state index contributed by atoms with van der Waals surface area (Å²) in [6.45, 7) is 4.06. The van der Waals surface area contributed by atoms with Crippen LogP contribution in [0.4, 0.5) is 9.18 Å². The number of amides is 2. The quantitative estimate of drug-likeness (QED) is 0.663. The monoisotopic (exact) mass is 432 g/mol. The lowest BCUT2D eigenvalue weighted by Crippen LogP contribution is -2.60. The SMILES string of the molecule is CCN(CCF)C[C@@H]1CN(C(=O)O[11CH3])CCN1C(=O)Cc1ccc(Cl)c(Cl)c1. The molecule has 0 unspecified atom stereocenters. The third-order valence-electron chi connectivity index (χ3n) is 4.89. The maximum atomic E-state index is 13.0. The summed E-state index contributed by atoms with van der Waals surface area (Å²) in [4.78, 5) is 30.2. The van der Waals surface area contributed by atoms with E-state index in [-0.39, 0.29) is 18.4 Å². The van der Waals surface area contributed by atoms with Crippen LogP contribution in [-0.4, -0.2) is 85.8 Å². The lowest BCUT2D eigenvalue weighted by atomic mass is 10.1. The van der Waals surface area contributed by atoms with Gasteiger partial charge in [0.05, 0.1) is 29.6 Å². The van der Waals surface area contributed by atoms with E-state index in [0.717, 1.165) is 5.56 Å². The van der Waals surface area contributed by atoms with Gasteiger partial charge in [0.15, 0.2) is 0 Å².